The summed E-state index contributed by atoms with van der Waals surface area (Å²) >= 11 is 3.44. The molecule has 0 aliphatic carbocycles. The van der Waals surface area contributed by atoms with Crippen LogP contribution in [0.1, 0.15) is 26.2 Å². The van der Waals surface area contributed by atoms with Crippen LogP contribution in [0.25, 0.3) is 0 Å². The van der Waals surface area contributed by atoms with Crippen molar-refractivity contribution in [2.24, 2.45) is 11.8 Å². The van der Waals surface area contributed by atoms with Crippen LogP contribution in [0.4, 0.5) is 0 Å². The predicted octanol–water partition coefficient (Wildman–Crippen LogP) is 1.68. The van der Waals surface area contributed by atoms with Crippen molar-refractivity contribution >= 4 is 26.1 Å². The quantitative estimate of drug-likeness (QED) is 0.741. The van der Waals surface area contributed by atoms with Crippen LogP contribution in [0.2, 0.25) is 0 Å². The Hall–Kier alpha value is 0.350. The molecule has 2 aliphatic heterocycles. The second-order valence-corrected chi connectivity index (χ2v) is 7.83. The summed E-state index contributed by atoms with van der Waals surface area (Å²) in [6.45, 7) is 4.95. The lowest BCUT2D eigenvalue weighted by atomic mass is 10.0. The molecular formula is C11H21BrN2O2S. The van der Waals surface area contributed by atoms with E-state index in [0.717, 1.165) is 24.6 Å². The number of halogens is 1. The summed E-state index contributed by atoms with van der Waals surface area (Å²) in [6, 6.07) is 0. The van der Waals surface area contributed by atoms with Gasteiger partial charge in [0.05, 0.1) is 0 Å². The molecule has 0 aromatic heterocycles. The van der Waals surface area contributed by atoms with Crippen LogP contribution in [0.15, 0.2) is 0 Å². The van der Waals surface area contributed by atoms with Gasteiger partial charge < -0.3 is 0 Å². The average molecular weight is 325 g/mol. The number of hydrogen-bond donors (Lipinski definition) is 0. The third kappa shape index (κ3) is 3.03. The number of piperidine rings is 1. The lowest BCUT2D eigenvalue weighted by Crippen LogP contribution is -2.46. The van der Waals surface area contributed by atoms with Crippen molar-refractivity contribution in [3.8, 4) is 0 Å². The number of alkyl halides is 1. The Balaban J connectivity index is 1.99. The van der Waals surface area contributed by atoms with Gasteiger partial charge in [0.2, 0.25) is 0 Å². The Bertz CT molecular complexity index is 344. The third-order valence-electron chi connectivity index (χ3n) is 3.86. The molecule has 0 spiro atoms. The molecule has 17 heavy (non-hydrogen) atoms. The van der Waals surface area contributed by atoms with Gasteiger partial charge >= 0.3 is 0 Å². The van der Waals surface area contributed by atoms with E-state index in [1.807, 2.05) is 0 Å². The summed E-state index contributed by atoms with van der Waals surface area (Å²) in [6.07, 6.45) is 2.97. The van der Waals surface area contributed by atoms with Gasteiger partial charge in [-0.05, 0) is 31.1 Å². The van der Waals surface area contributed by atoms with E-state index >= 15 is 0 Å². The minimum Gasteiger partial charge on any atom is -0.195 e. The molecule has 4 nitrogen and oxygen atoms in total. The molecule has 6 heteroatoms. The van der Waals surface area contributed by atoms with Gasteiger partial charge in [0, 0.05) is 31.5 Å². The minimum absolute atomic E-state index is 0.480. The van der Waals surface area contributed by atoms with Crippen LogP contribution in [0.3, 0.4) is 0 Å². The molecule has 2 saturated heterocycles. The molecule has 2 heterocycles. The molecule has 2 rings (SSSR count). The summed E-state index contributed by atoms with van der Waals surface area (Å²) in [5, 5.41) is 0.899. The van der Waals surface area contributed by atoms with E-state index in [9.17, 15) is 8.42 Å². The fraction of sp³-hybridized carbons (Fsp3) is 1.00. The highest BCUT2D eigenvalue weighted by Gasteiger charge is 2.36. The second-order valence-electron chi connectivity index (χ2n) is 5.26. The normalized spacial score (nSPS) is 29.9. The smallest absolute Gasteiger partial charge is 0.195 e. The summed E-state index contributed by atoms with van der Waals surface area (Å²) < 4.78 is 28.1. The van der Waals surface area contributed by atoms with Gasteiger partial charge in [-0.3, -0.25) is 0 Å². The van der Waals surface area contributed by atoms with Crippen molar-refractivity contribution in [2.45, 2.75) is 26.2 Å². The summed E-state index contributed by atoms with van der Waals surface area (Å²) in [5.41, 5.74) is 0. The van der Waals surface area contributed by atoms with Gasteiger partial charge in [-0.15, -0.1) is 0 Å². The van der Waals surface area contributed by atoms with Gasteiger partial charge in [-0.1, -0.05) is 22.9 Å². The predicted molar refractivity (Wildman–Crippen MR) is 72.4 cm³/mol. The number of hydrogen-bond acceptors (Lipinski definition) is 2. The third-order valence-corrected chi connectivity index (χ3v) is 6.78. The van der Waals surface area contributed by atoms with E-state index in [0.29, 0.717) is 38.0 Å². The fourth-order valence-corrected chi connectivity index (χ4v) is 4.77. The van der Waals surface area contributed by atoms with E-state index < -0.39 is 10.2 Å². The van der Waals surface area contributed by atoms with E-state index in [-0.39, 0.29) is 0 Å². The molecule has 2 fully saturated rings. The lowest BCUT2D eigenvalue weighted by molar-refractivity contribution is 0.270. The van der Waals surface area contributed by atoms with Crippen molar-refractivity contribution in [3.63, 3.8) is 0 Å². The van der Waals surface area contributed by atoms with Crippen molar-refractivity contribution in [2.75, 3.05) is 31.5 Å². The molecule has 0 saturated carbocycles. The highest BCUT2D eigenvalue weighted by atomic mass is 79.9. The molecule has 0 N–H and O–H groups in total. The van der Waals surface area contributed by atoms with Crippen LogP contribution in [0.5, 0.6) is 0 Å². The van der Waals surface area contributed by atoms with E-state index in [1.165, 1.54) is 0 Å². The molecule has 1 atom stereocenters. The molecular weight excluding hydrogens is 304 g/mol. The maximum absolute atomic E-state index is 12.4. The zero-order valence-corrected chi connectivity index (χ0v) is 12.7. The SMILES string of the molecule is CC1CCN(S(=O)(=O)N2CCC(CBr)C2)CC1. The Labute approximate surface area is 113 Å². The lowest BCUT2D eigenvalue weighted by Gasteiger charge is -2.32. The summed E-state index contributed by atoms with van der Waals surface area (Å²) in [7, 11) is -3.18. The van der Waals surface area contributed by atoms with E-state index in [4.69, 9.17) is 0 Å². The first-order valence-electron chi connectivity index (χ1n) is 6.35. The first kappa shape index (κ1) is 13.8. The summed E-state index contributed by atoms with van der Waals surface area (Å²) in [5.74, 6) is 1.14. The first-order valence-corrected chi connectivity index (χ1v) is 8.87. The molecule has 0 radical (unpaired) electrons. The molecule has 0 aromatic carbocycles. The van der Waals surface area contributed by atoms with Crippen molar-refractivity contribution in [3.05, 3.63) is 0 Å². The Morgan fingerprint density at radius 1 is 1.12 bits per heavy atom. The first-order chi connectivity index (χ1) is 8.04. The Morgan fingerprint density at radius 3 is 2.24 bits per heavy atom. The maximum atomic E-state index is 12.4. The Kier molecular flexibility index (Phi) is 4.50. The van der Waals surface area contributed by atoms with Crippen LogP contribution in [0, 0.1) is 11.8 Å². The molecule has 2 aliphatic rings. The molecule has 0 amide bonds. The van der Waals surface area contributed by atoms with E-state index in [1.54, 1.807) is 8.61 Å². The van der Waals surface area contributed by atoms with Crippen molar-refractivity contribution in [1.29, 1.82) is 0 Å². The molecule has 0 aromatic rings. The molecule has 100 valence electrons. The summed E-state index contributed by atoms with van der Waals surface area (Å²) in [4.78, 5) is 0. The maximum Gasteiger partial charge on any atom is 0.281 e. The monoisotopic (exact) mass is 324 g/mol. The van der Waals surface area contributed by atoms with Gasteiger partial charge in [-0.25, -0.2) is 0 Å². The van der Waals surface area contributed by atoms with Gasteiger partial charge in [-0.2, -0.15) is 17.0 Å². The van der Waals surface area contributed by atoms with Gasteiger partial charge in [0.1, 0.15) is 0 Å². The van der Waals surface area contributed by atoms with Crippen LogP contribution >= 0.6 is 15.9 Å². The highest BCUT2D eigenvalue weighted by Crippen LogP contribution is 2.26. The average Bonchev–Trinajstić information content (AvgIpc) is 2.78. The molecule has 0 bridgehead atoms. The van der Waals surface area contributed by atoms with Crippen molar-refractivity contribution < 1.29 is 8.42 Å². The van der Waals surface area contributed by atoms with Crippen LogP contribution < -0.4 is 0 Å². The number of nitrogens with zero attached hydrogens (tertiary/aromatic N) is 2. The minimum atomic E-state index is -3.18. The second kappa shape index (κ2) is 5.55. The number of rotatable bonds is 3. The van der Waals surface area contributed by atoms with Gasteiger partial charge in [0.25, 0.3) is 10.2 Å². The molecule has 1 unspecified atom stereocenters. The largest absolute Gasteiger partial charge is 0.281 e. The van der Waals surface area contributed by atoms with Crippen molar-refractivity contribution in [1.82, 2.24) is 8.61 Å². The van der Waals surface area contributed by atoms with Crippen LogP contribution in [-0.4, -0.2) is 48.5 Å². The highest BCUT2D eigenvalue weighted by molar-refractivity contribution is 9.09. The standard InChI is InChI=1S/C11H21BrN2O2S/c1-10-2-5-13(6-3-10)17(15,16)14-7-4-11(8-12)9-14/h10-11H,2-9H2,1H3. The van der Waals surface area contributed by atoms with E-state index in [2.05, 4.69) is 22.9 Å². The zero-order valence-electron chi connectivity index (χ0n) is 10.3. The topological polar surface area (TPSA) is 40.6 Å². The van der Waals surface area contributed by atoms with Gasteiger partial charge in [0.15, 0.2) is 0 Å². The fourth-order valence-electron chi connectivity index (χ4n) is 2.51. The zero-order chi connectivity index (χ0) is 12.5. The Morgan fingerprint density at radius 2 is 1.71 bits per heavy atom. The van der Waals surface area contributed by atoms with Crippen LogP contribution in [-0.2, 0) is 10.2 Å².